The second kappa shape index (κ2) is 9.42. The molecule has 5 heteroatoms. The minimum atomic E-state index is 0.0282. The Hall–Kier alpha value is -2.79. The van der Waals surface area contributed by atoms with Crippen LogP contribution in [0.5, 0.6) is 11.5 Å². The molecule has 0 radical (unpaired) electrons. The van der Waals surface area contributed by atoms with Crippen LogP contribution in [0.1, 0.15) is 16.7 Å². The molecule has 0 aromatic heterocycles. The number of hydrogen-bond acceptors (Lipinski definition) is 4. The van der Waals surface area contributed by atoms with Gasteiger partial charge in [0.05, 0.1) is 14.2 Å². The lowest BCUT2D eigenvalue weighted by atomic mass is 10.1. The fraction of sp³-hybridized carbons (Fsp3) is 0.348. The Bertz CT molecular complexity index is 839. The molecule has 3 rings (SSSR count). The summed E-state index contributed by atoms with van der Waals surface area (Å²) in [6.45, 7) is 6.33. The lowest BCUT2D eigenvalue weighted by Crippen LogP contribution is -2.47. The molecule has 1 fully saturated rings. The zero-order valence-corrected chi connectivity index (χ0v) is 16.9. The van der Waals surface area contributed by atoms with Crippen LogP contribution in [0.25, 0.3) is 6.08 Å². The summed E-state index contributed by atoms with van der Waals surface area (Å²) in [5.41, 5.74) is 3.50. The van der Waals surface area contributed by atoms with Crippen molar-refractivity contribution in [1.82, 2.24) is 9.80 Å². The number of benzene rings is 2. The average Bonchev–Trinajstić information content (AvgIpc) is 2.73. The monoisotopic (exact) mass is 380 g/mol. The number of hydrogen-bond donors (Lipinski definition) is 0. The number of carbonyl (C=O) groups is 1. The van der Waals surface area contributed by atoms with Crippen molar-refractivity contribution in [2.75, 3.05) is 40.4 Å². The van der Waals surface area contributed by atoms with Gasteiger partial charge in [0.1, 0.15) is 0 Å². The summed E-state index contributed by atoms with van der Waals surface area (Å²) in [6.07, 6.45) is 3.41. The summed E-state index contributed by atoms with van der Waals surface area (Å²) in [6, 6.07) is 14.1. The molecule has 1 saturated heterocycles. The van der Waals surface area contributed by atoms with Gasteiger partial charge in [0.2, 0.25) is 5.91 Å². The van der Waals surface area contributed by atoms with Crippen LogP contribution >= 0.6 is 0 Å². The first-order valence-corrected chi connectivity index (χ1v) is 9.57. The fourth-order valence-electron chi connectivity index (χ4n) is 3.46. The van der Waals surface area contributed by atoms with Crippen molar-refractivity contribution < 1.29 is 14.3 Å². The van der Waals surface area contributed by atoms with E-state index in [1.807, 2.05) is 23.1 Å². The summed E-state index contributed by atoms with van der Waals surface area (Å²) in [5, 5.41) is 0. The molecule has 1 aliphatic heterocycles. The third kappa shape index (κ3) is 4.73. The Morgan fingerprint density at radius 1 is 1.00 bits per heavy atom. The van der Waals surface area contributed by atoms with Crippen molar-refractivity contribution in [3.05, 3.63) is 65.2 Å². The van der Waals surface area contributed by atoms with Crippen LogP contribution in [0.2, 0.25) is 0 Å². The van der Waals surface area contributed by atoms with Gasteiger partial charge in [-0.25, -0.2) is 0 Å². The second-order valence-corrected chi connectivity index (χ2v) is 6.94. The normalized spacial score (nSPS) is 15.0. The molecule has 0 spiro atoms. The smallest absolute Gasteiger partial charge is 0.246 e. The Kier molecular flexibility index (Phi) is 6.71. The van der Waals surface area contributed by atoms with E-state index >= 15 is 0 Å². The molecule has 0 bridgehead atoms. The van der Waals surface area contributed by atoms with E-state index in [-0.39, 0.29) is 5.91 Å². The first-order valence-electron chi connectivity index (χ1n) is 9.57. The van der Waals surface area contributed by atoms with Crippen molar-refractivity contribution in [3.8, 4) is 11.5 Å². The molecule has 1 amide bonds. The highest BCUT2D eigenvalue weighted by atomic mass is 16.5. The van der Waals surface area contributed by atoms with Gasteiger partial charge in [-0.1, -0.05) is 36.4 Å². The van der Waals surface area contributed by atoms with E-state index < -0.39 is 0 Å². The van der Waals surface area contributed by atoms with E-state index in [4.69, 9.17) is 9.47 Å². The second-order valence-electron chi connectivity index (χ2n) is 6.94. The predicted molar refractivity (Wildman–Crippen MR) is 112 cm³/mol. The topological polar surface area (TPSA) is 42.0 Å². The Morgan fingerprint density at radius 3 is 2.43 bits per heavy atom. The molecule has 0 aliphatic carbocycles. The molecule has 0 N–H and O–H groups in total. The number of para-hydroxylation sites is 1. The molecular weight excluding hydrogens is 352 g/mol. The molecule has 148 valence electrons. The van der Waals surface area contributed by atoms with Crippen molar-refractivity contribution in [3.63, 3.8) is 0 Å². The van der Waals surface area contributed by atoms with E-state index in [1.54, 1.807) is 26.4 Å². The maximum Gasteiger partial charge on any atom is 0.246 e. The van der Waals surface area contributed by atoms with Crippen LogP contribution in [0.3, 0.4) is 0 Å². The van der Waals surface area contributed by atoms with E-state index in [0.29, 0.717) is 11.5 Å². The number of piperazine rings is 1. The van der Waals surface area contributed by atoms with E-state index in [1.165, 1.54) is 11.1 Å². The van der Waals surface area contributed by atoms with Gasteiger partial charge in [0, 0.05) is 44.4 Å². The average molecular weight is 380 g/mol. The Morgan fingerprint density at radius 2 is 1.75 bits per heavy atom. The summed E-state index contributed by atoms with van der Waals surface area (Å²) >= 11 is 0. The number of nitrogens with zero attached hydrogens (tertiary/aromatic N) is 2. The van der Waals surface area contributed by atoms with Gasteiger partial charge in [0.15, 0.2) is 11.5 Å². The van der Waals surface area contributed by atoms with Crippen LogP contribution in [-0.2, 0) is 11.3 Å². The molecule has 1 heterocycles. The zero-order valence-electron chi connectivity index (χ0n) is 16.9. The van der Waals surface area contributed by atoms with Gasteiger partial charge < -0.3 is 14.4 Å². The van der Waals surface area contributed by atoms with E-state index in [9.17, 15) is 4.79 Å². The minimum Gasteiger partial charge on any atom is -0.493 e. The van der Waals surface area contributed by atoms with Gasteiger partial charge in [-0.05, 0) is 30.2 Å². The lowest BCUT2D eigenvalue weighted by Gasteiger charge is -2.34. The molecule has 2 aromatic rings. The van der Waals surface area contributed by atoms with Crippen LogP contribution in [0, 0.1) is 6.92 Å². The van der Waals surface area contributed by atoms with Crippen LogP contribution in [-0.4, -0.2) is 56.1 Å². The predicted octanol–water partition coefficient (Wildman–Crippen LogP) is 3.37. The van der Waals surface area contributed by atoms with Crippen LogP contribution < -0.4 is 9.47 Å². The van der Waals surface area contributed by atoms with E-state index in [2.05, 4.69) is 36.1 Å². The quantitative estimate of drug-likeness (QED) is 0.721. The highest BCUT2D eigenvalue weighted by Crippen LogP contribution is 2.31. The molecule has 2 aromatic carbocycles. The van der Waals surface area contributed by atoms with E-state index in [0.717, 1.165) is 38.3 Å². The molecule has 0 unspecified atom stereocenters. The lowest BCUT2D eigenvalue weighted by molar-refractivity contribution is -0.127. The van der Waals surface area contributed by atoms with Crippen LogP contribution in [0.15, 0.2) is 48.5 Å². The first kappa shape index (κ1) is 20.0. The Balaban J connectivity index is 1.57. The first-order chi connectivity index (χ1) is 13.6. The van der Waals surface area contributed by atoms with Gasteiger partial charge in [-0.3, -0.25) is 9.69 Å². The standard InChI is InChI=1S/C23H28N2O3/c1-18-7-4-5-8-20(18)17-24-13-15-25(16-14-24)22(26)12-11-19-9-6-10-21(27-2)23(19)28-3/h4-12H,13-17H2,1-3H3/b12-11+. The van der Waals surface area contributed by atoms with Crippen molar-refractivity contribution in [2.24, 2.45) is 0 Å². The third-order valence-electron chi connectivity index (χ3n) is 5.18. The molecular formula is C23H28N2O3. The number of rotatable bonds is 6. The summed E-state index contributed by atoms with van der Waals surface area (Å²) < 4.78 is 10.7. The molecule has 28 heavy (non-hydrogen) atoms. The van der Waals surface area contributed by atoms with Gasteiger partial charge >= 0.3 is 0 Å². The largest absolute Gasteiger partial charge is 0.493 e. The number of carbonyl (C=O) groups excluding carboxylic acids is 1. The van der Waals surface area contributed by atoms with Crippen molar-refractivity contribution in [2.45, 2.75) is 13.5 Å². The Labute approximate surface area is 167 Å². The molecule has 0 saturated carbocycles. The van der Waals surface area contributed by atoms with Crippen LogP contribution in [0.4, 0.5) is 0 Å². The maximum absolute atomic E-state index is 12.6. The number of aryl methyl sites for hydroxylation is 1. The van der Waals surface area contributed by atoms with Crippen molar-refractivity contribution in [1.29, 1.82) is 0 Å². The number of ether oxygens (including phenoxy) is 2. The molecule has 5 nitrogen and oxygen atoms in total. The maximum atomic E-state index is 12.6. The van der Waals surface area contributed by atoms with Gasteiger partial charge in [0.25, 0.3) is 0 Å². The fourth-order valence-corrected chi connectivity index (χ4v) is 3.46. The number of methoxy groups -OCH3 is 2. The minimum absolute atomic E-state index is 0.0282. The summed E-state index contributed by atoms with van der Waals surface area (Å²) in [5.74, 6) is 1.32. The SMILES string of the molecule is COc1cccc(/C=C/C(=O)N2CCN(Cc3ccccc3C)CC2)c1OC. The molecule has 1 aliphatic rings. The van der Waals surface area contributed by atoms with Crippen molar-refractivity contribution >= 4 is 12.0 Å². The highest BCUT2D eigenvalue weighted by molar-refractivity contribution is 5.92. The molecule has 0 atom stereocenters. The number of amides is 1. The third-order valence-corrected chi connectivity index (χ3v) is 5.18. The summed E-state index contributed by atoms with van der Waals surface area (Å²) in [7, 11) is 3.21. The summed E-state index contributed by atoms with van der Waals surface area (Å²) in [4.78, 5) is 16.9. The van der Waals surface area contributed by atoms with Gasteiger partial charge in [-0.15, -0.1) is 0 Å². The highest BCUT2D eigenvalue weighted by Gasteiger charge is 2.20. The van der Waals surface area contributed by atoms with Gasteiger partial charge in [-0.2, -0.15) is 0 Å². The zero-order chi connectivity index (χ0) is 19.9.